The summed E-state index contributed by atoms with van der Waals surface area (Å²) in [4.78, 5) is 0.176. The third-order valence-electron chi connectivity index (χ3n) is 3.69. The van der Waals surface area contributed by atoms with Gasteiger partial charge in [0.1, 0.15) is 0 Å². The highest BCUT2D eigenvalue weighted by Gasteiger charge is 2.29. The Morgan fingerprint density at radius 1 is 1.30 bits per heavy atom. The van der Waals surface area contributed by atoms with Gasteiger partial charge in [0.2, 0.25) is 10.0 Å². The van der Waals surface area contributed by atoms with Crippen LogP contribution in [0.4, 0.5) is 0 Å². The Hall–Kier alpha value is -0.430. The molecule has 20 heavy (non-hydrogen) atoms. The van der Waals surface area contributed by atoms with Crippen molar-refractivity contribution in [2.24, 2.45) is 0 Å². The van der Waals surface area contributed by atoms with Crippen molar-refractivity contribution in [3.8, 4) is 0 Å². The van der Waals surface area contributed by atoms with Crippen LogP contribution in [0.5, 0.6) is 0 Å². The van der Waals surface area contributed by atoms with Crippen LogP contribution >= 0.6 is 15.9 Å². The minimum absolute atomic E-state index is 0.176. The van der Waals surface area contributed by atoms with Crippen molar-refractivity contribution >= 4 is 26.0 Å². The molecule has 2 N–H and O–H groups in total. The Bertz CT molecular complexity index is 580. The third-order valence-corrected chi connectivity index (χ3v) is 6.67. The van der Waals surface area contributed by atoms with E-state index in [-0.39, 0.29) is 11.5 Å². The number of aryl methyl sites for hydroxylation is 1. The van der Waals surface area contributed by atoms with Gasteiger partial charge in [0.25, 0.3) is 0 Å². The molecule has 1 rings (SSSR count). The molecular weight excluding hydrogens is 342 g/mol. The van der Waals surface area contributed by atoms with E-state index in [4.69, 9.17) is 0 Å². The molecule has 0 radical (unpaired) electrons. The zero-order valence-corrected chi connectivity index (χ0v) is 14.7. The van der Waals surface area contributed by atoms with Gasteiger partial charge in [-0.3, -0.25) is 0 Å². The lowest BCUT2D eigenvalue weighted by Crippen LogP contribution is -2.44. The quantitative estimate of drug-likeness (QED) is 0.815. The molecule has 0 bridgehead atoms. The number of hydrogen-bond donors (Lipinski definition) is 2. The van der Waals surface area contributed by atoms with Crippen LogP contribution in [0.15, 0.2) is 21.5 Å². The van der Waals surface area contributed by atoms with Crippen LogP contribution in [0.1, 0.15) is 44.7 Å². The molecule has 1 aromatic rings. The van der Waals surface area contributed by atoms with E-state index in [2.05, 4.69) is 20.7 Å². The molecule has 0 saturated carbocycles. The number of hydrogen-bond acceptors (Lipinski definition) is 3. The molecule has 0 saturated heterocycles. The third kappa shape index (κ3) is 3.81. The van der Waals surface area contributed by atoms with Gasteiger partial charge in [-0.25, -0.2) is 13.1 Å². The SMILES string of the molecule is CCC(C)(CC)NS(=O)(=O)c1cc(CO)cc(C)c1Br. The number of nitrogens with one attached hydrogen (secondary N) is 1. The zero-order valence-electron chi connectivity index (χ0n) is 12.3. The molecule has 0 aliphatic rings. The van der Waals surface area contributed by atoms with Crippen LogP contribution in [0.3, 0.4) is 0 Å². The largest absolute Gasteiger partial charge is 0.392 e. The summed E-state index contributed by atoms with van der Waals surface area (Å²) in [5, 5.41) is 9.24. The molecular formula is C14H22BrNO3S. The molecule has 1 aromatic carbocycles. The summed E-state index contributed by atoms with van der Waals surface area (Å²) < 4.78 is 28.5. The molecule has 0 amide bonds. The summed E-state index contributed by atoms with van der Waals surface area (Å²) >= 11 is 3.33. The normalized spacial score (nSPS) is 12.7. The molecule has 0 fully saturated rings. The Balaban J connectivity index is 3.32. The van der Waals surface area contributed by atoms with Gasteiger partial charge in [-0.2, -0.15) is 0 Å². The van der Waals surface area contributed by atoms with Gasteiger partial charge in [0.05, 0.1) is 11.5 Å². The lowest BCUT2D eigenvalue weighted by molar-refractivity contribution is 0.281. The van der Waals surface area contributed by atoms with Crippen molar-refractivity contribution < 1.29 is 13.5 Å². The minimum atomic E-state index is -3.64. The summed E-state index contributed by atoms with van der Waals surface area (Å²) in [6, 6.07) is 3.27. The highest BCUT2D eigenvalue weighted by molar-refractivity contribution is 9.10. The number of sulfonamides is 1. The van der Waals surface area contributed by atoms with Crippen molar-refractivity contribution in [3.05, 3.63) is 27.7 Å². The van der Waals surface area contributed by atoms with E-state index >= 15 is 0 Å². The van der Waals surface area contributed by atoms with Gasteiger partial charge >= 0.3 is 0 Å². The van der Waals surface area contributed by atoms with Crippen LogP contribution in [-0.4, -0.2) is 19.1 Å². The summed E-state index contributed by atoms with van der Waals surface area (Å²) in [6.07, 6.45) is 1.41. The smallest absolute Gasteiger partial charge is 0.242 e. The fourth-order valence-electron chi connectivity index (χ4n) is 1.87. The second-order valence-electron chi connectivity index (χ2n) is 5.26. The summed E-state index contributed by atoms with van der Waals surface area (Å²) in [5.74, 6) is 0. The van der Waals surface area contributed by atoms with Gasteiger partial charge in [-0.15, -0.1) is 0 Å². The molecule has 0 spiro atoms. The van der Waals surface area contributed by atoms with Crippen molar-refractivity contribution in [3.63, 3.8) is 0 Å². The highest BCUT2D eigenvalue weighted by atomic mass is 79.9. The Labute approximate surface area is 129 Å². The monoisotopic (exact) mass is 363 g/mol. The van der Waals surface area contributed by atoms with E-state index in [0.717, 1.165) is 5.56 Å². The first-order valence-electron chi connectivity index (χ1n) is 6.63. The summed E-state index contributed by atoms with van der Waals surface area (Å²) in [7, 11) is -3.64. The Kier molecular flexibility index (Phi) is 5.78. The van der Waals surface area contributed by atoms with Crippen molar-refractivity contribution in [2.75, 3.05) is 0 Å². The topological polar surface area (TPSA) is 66.4 Å². The summed E-state index contributed by atoms with van der Waals surface area (Å²) in [5.41, 5.74) is 0.897. The molecule has 6 heteroatoms. The Morgan fingerprint density at radius 3 is 2.30 bits per heavy atom. The second kappa shape index (κ2) is 6.56. The van der Waals surface area contributed by atoms with Crippen LogP contribution in [0, 0.1) is 6.92 Å². The van der Waals surface area contributed by atoms with Gasteiger partial charge in [0, 0.05) is 10.0 Å². The van der Waals surface area contributed by atoms with Gasteiger partial charge < -0.3 is 5.11 Å². The van der Waals surface area contributed by atoms with Crippen molar-refractivity contribution in [1.29, 1.82) is 0 Å². The fourth-order valence-corrected chi connectivity index (χ4v) is 4.49. The molecule has 4 nitrogen and oxygen atoms in total. The van der Waals surface area contributed by atoms with Crippen molar-refractivity contribution in [2.45, 2.75) is 57.6 Å². The minimum Gasteiger partial charge on any atom is -0.392 e. The number of aliphatic hydroxyl groups excluding tert-OH is 1. The second-order valence-corrected chi connectivity index (χ2v) is 7.70. The van der Waals surface area contributed by atoms with E-state index < -0.39 is 15.6 Å². The first-order valence-corrected chi connectivity index (χ1v) is 8.90. The van der Waals surface area contributed by atoms with E-state index in [0.29, 0.717) is 22.9 Å². The van der Waals surface area contributed by atoms with Crippen LogP contribution < -0.4 is 4.72 Å². The van der Waals surface area contributed by atoms with Gasteiger partial charge in [-0.1, -0.05) is 19.9 Å². The maximum Gasteiger partial charge on any atom is 0.242 e. The van der Waals surface area contributed by atoms with E-state index in [9.17, 15) is 13.5 Å². The fraction of sp³-hybridized carbons (Fsp3) is 0.571. The molecule has 114 valence electrons. The molecule has 0 aliphatic heterocycles. The van der Waals surface area contributed by atoms with E-state index in [1.165, 1.54) is 6.07 Å². The Morgan fingerprint density at radius 2 is 1.85 bits per heavy atom. The van der Waals surface area contributed by atoms with E-state index in [1.807, 2.05) is 20.8 Å². The van der Waals surface area contributed by atoms with Crippen LogP contribution in [-0.2, 0) is 16.6 Å². The average Bonchev–Trinajstić information content (AvgIpc) is 2.40. The zero-order chi connectivity index (χ0) is 15.6. The predicted molar refractivity (Wildman–Crippen MR) is 84.1 cm³/mol. The van der Waals surface area contributed by atoms with Crippen LogP contribution in [0.25, 0.3) is 0 Å². The van der Waals surface area contributed by atoms with E-state index in [1.54, 1.807) is 13.0 Å². The molecule has 0 heterocycles. The van der Waals surface area contributed by atoms with Gasteiger partial charge in [-0.05, 0) is 59.8 Å². The molecule has 0 unspecified atom stereocenters. The lowest BCUT2D eigenvalue weighted by Gasteiger charge is -2.28. The van der Waals surface area contributed by atoms with Gasteiger partial charge in [0.15, 0.2) is 0 Å². The predicted octanol–water partition coefficient (Wildman–Crippen LogP) is 3.11. The molecule has 0 atom stereocenters. The number of aliphatic hydroxyl groups is 1. The number of benzene rings is 1. The highest BCUT2D eigenvalue weighted by Crippen LogP contribution is 2.29. The maximum atomic E-state index is 12.6. The van der Waals surface area contributed by atoms with Crippen LogP contribution in [0.2, 0.25) is 0 Å². The number of halogens is 1. The molecule has 0 aliphatic carbocycles. The standard InChI is InChI=1S/C14H22BrNO3S/c1-5-14(4,6-2)16-20(18,19)12-8-11(9-17)7-10(3)13(12)15/h7-8,16-17H,5-6,9H2,1-4H3. The first kappa shape index (κ1) is 17.6. The maximum absolute atomic E-state index is 12.6. The summed E-state index contributed by atoms with van der Waals surface area (Å²) in [6.45, 7) is 7.42. The average molecular weight is 364 g/mol. The molecule has 0 aromatic heterocycles. The number of rotatable bonds is 6. The van der Waals surface area contributed by atoms with Crippen molar-refractivity contribution in [1.82, 2.24) is 4.72 Å². The first-order chi connectivity index (χ1) is 9.19. The lowest BCUT2D eigenvalue weighted by atomic mass is 9.98.